The number of methoxy groups -OCH3 is 1. The van der Waals surface area contributed by atoms with Gasteiger partial charge in [0.1, 0.15) is 11.4 Å². The minimum atomic E-state index is -0.125. The van der Waals surface area contributed by atoms with Crippen LogP contribution < -0.4 is 9.64 Å². The Balaban J connectivity index is 1.95. The minimum absolute atomic E-state index is 0.125. The summed E-state index contributed by atoms with van der Waals surface area (Å²) in [7, 11) is 3.41. The lowest BCUT2D eigenvalue weighted by molar-refractivity contribution is 0.0988. The van der Waals surface area contributed by atoms with Crippen molar-refractivity contribution in [1.29, 1.82) is 0 Å². The molecule has 0 N–H and O–H groups in total. The van der Waals surface area contributed by atoms with Crippen molar-refractivity contribution < 1.29 is 9.53 Å². The smallest absolute Gasteiger partial charge is 0.276 e. The van der Waals surface area contributed by atoms with Crippen LogP contribution in [0.25, 0.3) is 10.9 Å². The zero-order valence-electron chi connectivity index (χ0n) is 14.3. The summed E-state index contributed by atoms with van der Waals surface area (Å²) in [5.74, 6) is 0.649. The number of hydrogen-bond acceptors (Lipinski definition) is 3. The van der Waals surface area contributed by atoms with Crippen molar-refractivity contribution in [3.63, 3.8) is 0 Å². The monoisotopic (exact) mass is 320 g/mol. The minimum Gasteiger partial charge on any atom is -0.497 e. The average Bonchev–Trinajstić information content (AvgIpc) is 2.59. The molecule has 1 aromatic heterocycles. The van der Waals surface area contributed by atoms with Crippen molar-refractivity contribution in [2.24, 2.45) is 0 Å². The Hall–Kier alpha value is -2.88. The molecule has 0 saturated carbocycles. The number of pyridine rings is 1. The molecule has 0 unspecified atom stereocenters. The molecule has 3 aromatic rings. The molecule has 0 aliphatic rings. The highest BCUT2D eigenvalue weighted by molar-refractivity contribution is 6.05. The lowest BCUT2D eigenvalue weighted by Gasteiger charge is -2.19. The van der Waals surface area contributed by atoms with E-state index in [-0.39, 0.29) is 5.91 Å². The quantitative estimate of drug-likeness (QED) is 0.728. The third kappa shape index (κ3) is 2.95. The van der Waals surface area contributed by atoms with Gasteiger partial charge in [-0.2, -0.15) is 0 Å². The second-order valence-electron chi connectivity index (χ2n) is 5.91. The summed E-state index contributed by atoms with van der Waals surface area (Å²) in [6, 6.07) is 15.3. The van der Waals surface area contributed by atoms with Crippen LogP contribution in [0.4, 0.5) is 5.69 Å². The number of aromatic nitrogens is 1. The Morgan fingerprint density at radius 2 is 1.83 bits per heavy atom. The van der Waals surface area contributed by atoms with Crippen molar-refractivity contribution in [2.75, 3.05) is 19.1 Å². The van der Waals surface area contributed by atoms with E-state index in [0.717, 1.165) is 27.9 Å². The van der Waals surface area contributed by atoms with E-state index in [2.05, 4.69) is 11.1 Å². The summed E-state index contributed by atoms with van der Waals surface area (Å²) in [5, 5.41) is 0.945. The molecule has 2 aromatic carbocycles. The molecular formula is C20H20N2O2. The summed E-state index contributed by atoms with van der Waals surface area (Å²) in [6.07, 6.45) is 0. The third-order valence-electron chi connectivity index (χ3n) is 4.13. The normalized spacial score (nSPS) is 10.7. The molecular weight excluding hydrogens is 300 g/mol. The highest BCUT2D eigenvalue weighted by Crippen LogP contribution is 2.23. The molecule has 1 amide bonds. The van der Waals surface area contributed by atoms with Gasteiger partial charge in [-0.25, -0.2) is 4.98 Å². The lowest BCUT2D eigenvalue weighted by Crippen LogP contribution is -2.27. The molecule has 4 nitrogen and oxygen atoms in total. The van der Waals surface area contributed by atoms with Crippen molar-refractivity contribution >= 4 is 22.5 Å². The maximum Gasteiger partial charge on any atom is 0.276 e. The Labute approximate surface area is 141 Å². The Kier molecular flexibility index (Phi) is 4.21. The maximum atomic E-state index is 12.8. The van der Waals surface area contributed by atoms with E-state index in [1.54, 1.807) is 25.1 Å². The SMILES string of the molecule is COc1ccc2nc(C(=O)N(C)c3ccc(C)cc3C)ccc2c1. The predicted molar refractivity (Wildman–Crippen MR) is 96.9 cm³/mol. The summed E-state index contributed by atoms with van der Waals surface area (Å²) in [4.78, 5) is 18.9. The van der Waals surface area contributed by atoms with E-state index < -0.39 is 0 Å². The van der Waals surface area contributed by atoms with Gasteiger partial charge >= 0.3 is 0 Å². The molecule has 0 aliphatic carbocycles. The van der Waals surface area contributed by atoms with Crippen molar-refractivity contribution in [3.05, 3.63) is 65.4 Å². The largest absolute Gasteiger partial charge is 0.497 e. The average molecular weight is 320 g/mol. The molecule has 122 valence electrons. The van der Waals surface area contributed by atoms with Gasteiger partial charge in [-0.15, -0.1) is 0 Å². The first-order valence-electron chi connectivity index (χ1n) is 7.79. The molecule has 0 radical (unpaired) electrons. The zero-order valence-corrected chi connectivity index (χ0v) is 14.3. The Morgan fingerprint density at radius 1 is 1.04 bits per heavy atom. The van der Waals surface area contributed by atoms with Crippen LogP contribution in [0.1, 0.15) is 21.6 Å². The van der Waals surface area contributed by atoms with Crippen molar-refractivity contribution in [3.8, 4) is 5.75 Å². The number of carbonyl (C=O) groups is 1. The van der Waals surface area contributed by atoms with Crippen LogP contribution in [0.2, 0.25) is 0 Å². The van der Waals surface area contributed by atoms with E-state index in [0.29, 0.717) is 5.69 Å². The summed E-state index contributed by atoms with van der Waals surface area (Å²) < 4.78 is 5.22. The van der Waals surface area contributed by atoms with E-state index >= 15 is 0 Å². The number of rotatable bonds is 3. The van der Waals surface area contributed by atoms with Gasteiger partial charge in [0.2, 0.25) is 0 Å². The number of aryl methyl sites for hydroxylation is 2. The number of nitrogens with zero attached hydrogens (tertiary/aromatic N) is 2. The van der Waals surface area contributed by atoms with Gasteiger partial charge in [-0.3, -0.25) is 4.79 Å². The first-order chi connectivity index (χ1) is 11.5. The number of fused-ring (bicyclic) bond motifs is 1. The number of hydrogen-bond donors (Lipinski definition) is 0. The fraction of sp³-hybridized carbons (Fsp3) is 0.200. The number of amides is 1. The van der Waals surface area contributed by atoms with E-state index in [1.165, 1.54) is 5.56 Å². The van der Waals surface area contributed by atoms with Crippen LogP contribution in [0.15, 0.2) is 48.5 Å². The van der Waals surface area contributed by atoms with Gasteiger partial charge < -0.3 is 9.64 Å². The van der Waals surface area contributed by atoms with Crippen LogP contribution >= 0.6 is 0 Å². The lowest BCUT2D eigenvalue weighted by atomic mass is 10.1. The van der Waals surface area contributed by atoms with Gasteiger partial charge in [0.25, 0.3) is 5.91 Å². The molecule has 0 saturated heterocycles. The van der Waals surface area contributed by atoms with Gasteiger partial charge in [0, 0.05) is 18.1 Å². The third-order valence-corrected chi connectivity index (χ3v) is 4.13. The Bertz CT molecular complexity index is 919. The first kappa shape index (κ1) is 16.0. The zero-order chi connectivity index (χ0) is 17.3. The van der Waals surface area contributed by atoms with Crippen molar-refractivity contribution in [2.45, 2.75) is 13.8 Å². The highest BCUT2D eigenvalue weighted by Gasteiger charge is 2.17. The Morgan fingerprint density at radius 3 is 2.54 bits per heavy atom. The second kappa shape index (κ2) is 6.32. The molecule has 0 spiro atoms. The van der Waals surface area contributed by atoms with E-state index in [9.17, 15) is 4.79 Å². The van der Waals surface area contributed by atoms with Crippen LogP contribution in [-0.2, 0) is 0 Å². The summed E-state index contributed by atoms with van der Waals surface area (Å²) in [6.45, 7) is 4.05. The molecule has 0 atom stereocenters. The van der Waals surface area contributed by atoms with E-state index in [1.807, 2.05) is 50.2 Å². The topological polar surface area (TPSA) is 42.4 Å². The number of carbonyl (C=O) groups excluding carboxylic acids is 1. The molecule has 0 fully saturated rings. The van der Waals surface area contributed by atoms with Crippen LogP contribution in [0.5, 0.6) is 5.75 Å². The number of ether oxygens (including phenoxy) is 1. The molecule has 1 heterocycles. The first-order valence-corrected chi connectivity index (χ1v) is 7.79. The fourth-order valence-corrected chi connectivity index (χ4v) is 2.81. The summed E-state index contributed by atoms with van der Waals surface area (Å²) in [5.41, 5.74) is 4.33. The molecule has 3 rings (SSSR count). The molecule has 24 heavy (non-hydrogen) atoms. The maximum absolute atomic E-state index is 12.8. The molecule has 0 aliphatic heterocycles. The van der Waals surface area contributed by atoms with E-state index in [4.69, 9.17) is 4.74 Å². The fourth-order valence-electron chi connectivity index (χ4n) is 2.81. The summed E-state index contributed by atoms with van der Waals surface area (Å²) >= 11 is 0. The number of anilines is 1. The van der Waals surface area contributed by atoms with Crippen LogP contribution in [-0.4, -0.2) is 25.0 Å². The highest BCUT2D eigenvalue weighted by atomic mass is 16.5. The molecule has 4 heteroatoms. The van der Waals surface area contributed by atoms with Gasteiger partial charge in [0.15, 0.2) is 0 Å². The van der Waals surface area contributed by atoms with Gasteiger partial charge in [0.05, 0.1) is 12.6 Å². The molecule has 0 bridgehead atoms. The predicted octanol–water partition coefficient (Wildman–Crippen LogP) is 4.14. The van der Waals surface area contributed by atoms with Gasteiger partial charge in [-0.1, -0.05) is 23.8 Å². The van der Waals surface area contributed by atoms with Gasteiger partial charge in [-0.05, 0) is 49.7 Å². The van der Waals surface area contributed by atoms with Crippen LogP contribution in [0.3, 0.4) is 0 Å². The van der Waals surface area contributed by atoms with Crippen LogP contribution in [0, 0.1) is 13.8 Å². The number of benzene rings is 2. The second-order valence-corrected chi connectivity index (χ2v) is 5.91. The van der Waals surface area contributed by atoms with Crippen molar-refractivity contribution in [1.82, 2.24) is 4.98 Å². The standard InChI is InChI=1S/C20H20N2O2/c1-13-5-10-19(14(2)11-13)22(3)20(23)18-8-6-15-12-16(24-4)7-9-17(15)21-18/h5-12H,1-4H3.